The monoisotopic (exact) mass is 470 g/mol. The van der Waals surface area contributed by atoms with E-state index >= 15 is 0 Å². The smallest absolute Gasteiger partial charge is 0.252 e. The van der Waals surface area contributed by atoms with E-state index in [-0.39, 0.29) is 11.9 Å². The molecule has 1 aliphatic heterocycles. The van der Waals surface area contributed by atoms with E-state index in [2.05, 4.69) is 5.32 Å². The lowest BCUT2D eigenvalue weighted by atomic mass is 10.1. The largest absolute Gasteiger partial charge is 0.379 e. The summed E-state index contributed by atoms with van der Waals surface area (Å²) in [5.41, 5.74) is 3.66. The zero-order valence-electron chi connectivity index (χ0n) is 18.1. The van der Waals surface area contributed by atoms with Crippen molar-refractivity contribution in [3.63, 3.8) is 0 Å². The van der Waals surface area contributed by atoms with Crippen LogP contribution >= 0.6 is 11.3 Å². The van der Waals surface area contributed by atoms with Crippen LogP contribution in [0.5, 0.6) is 0 Å². The fraction of sp³-hybridized carbons (Fsp3) is 0.292. The van der Waals surface area contributed by atoms with Gasteiger partial charge >= 0.3 is 0 Å². The fourth-order valence-corrected chi connectivity index (χ4v) is 6.41. The quantitative estimate of drug-likeness (QED) is 0.585. The van der Waals surface area contributed by atoms with Gasteiger partial charge in [0, 0.05) is 23.5 Å². The Bertz CT molecular complexity index is 1180. The van der Waals surface area contributed by atoms with Crippen molar-refractivity contribution in [1.29, 1.82) is 0 Å². The third-order valence-corrected chi connectivity index (χ3v) is 9.00. The molecule has 168 valence electrons. The lowest BCUT2D eigenvalue weighted by molar-refractivity contribution is 0.0731. The number of carbonyl (C=O) groups is 1. The van der Waals surface area contributed by atoms with Crippen LogP contribution in [0.25, 0.3) is 10.4 Å². The molecule has 1 amide bonds. The minimum Gasteiger partial charge on any atom is -0.379 e. The highest BCUT2D eigenvalue weighted by molar-refractivity contribution is 7.91. The van der Waals surface area contributed by atoms with Crippen molar-refractivity contribution in [3.05, 3.63) is 77.4 Å². The number of nitrogens with one attached hydrogen (secondary N) is 1. The van der Waals surface area contributed by atoms with Crippen LogP contribution < -0.4 is 5.32 Å². The molecule has 2 heterocycles. The SMILES string of the molecule is Cc1ccc([C@H](C)NC(=O)c2ccc(-c3ccc(S(=O)(=O)N4CCOCC4)s3)cc2)cc1. The molecule has 0 radical (unpaired) electrons. The first-order valence-electron chi connectivity index (χ1n) is 10.5. The summed E-state index contributed by atoms with van der Waals surface area (Å²) in [4.78, 5) is 13.5. The van der Waals surface area contributed by atoms with Gasteiger partial charge in [-0.3, -0.25) is 4.79 Å². The number of sulfonamides is 1. The van der Waals surface area contributed by atoms with Crippen LogP contribution in [0.1, 0.15) is 34.5 Å². The Balaban J connectivity index is 1.44. The zero-order valence-corrected chi connectivity index (χ0v) is 19.7. The third-order valence-electron chi connectivity index (χ3n) is 5.50. The van der Waals surface area contributed by atoms with Gasteiger partial charge in [0.2, 0.25) is 0 Å². The van der Waals surface area contributed by atoms with Gasteiger partial charge in [0.05, 0.1) is 19.3 Å². The van der Waals surface area contributed by atoms with E-state index in [1.807, 2.05) is 56.3 Å². The number of carbonyl (C=O) groups excluding carboxylic acids is 1. The lowest BCUT2D eigenvalue weighted by Crippen LogP contribution is -2.40. The van der Waals surface area contributed by atoms with Crippen molar-refractivity contribution in [2.75, 3.05) is 26.3 Å². The molecule has 4 rings (SSSR count). The first kappa shape index (κ1) is 22.7. The molecule has 1 aromatic heterocycles. The first-order chi connectivity index (χ1) is 15.3. The molecule has 32 heavy (non-hydrogen) atoms. The van der Waals surface area contributed by atoms with Gasteiger partial charge in [-0.05, 0) is 49.2 Å². The van der Waals surface area contributed by atoms with Gasteiger partial charge in [0.25, 0.3) is 15.9 Å². The molecule has 2 aromatic carbocycles. The Labute approximate surface area is 192 Å². The Morgan fingerprint density at radius 3 is 2.31 bits per heavy atom. The molecule has 0 saturated carbocycles. The number of ether oxygens (including phenoxy) is 1. The highest BCUT2D eigenvalue weighted by Crippen LogP contribution is 2.32. The molecular formula is C24H26N2O4S2. The molecule has 6 nitrogen and oxygen atoms in total. The van der Waals surface area contributed by atoms with Crippen LogP contribution in [0, 0.1) is 6.92 Å². The van der Waals surface area contributed by atoms with E-state index in [0.717, 1.165) is 16.0 Å². The number of nitrogens with zero attached hydrogens (tertiary/aromatic N) is 1. The highest BCUT2D eigenvalue weighted by atomic mass is 32.2. The number of hydrogen-bond donors (Lipinski definition) is 1. The summed E-state index contributed by atoms with van der Waals surface area (Å²) in [6.45, 7) is 5.58. The van der Waals surface area contributed by atoms with Crippen LogP contribution in [-0.2, 0) is 14.8 Å². The number of aryl methyl sites for hydroxylation is 1. The second-order valence-corrected chi connectivity index (χ2v) is 11.1. The van der Waals surface area contributed by atoms with E-state index in [4.69, 9.17) is 4.74 Å². The number of amides is 1. The number of hydrogen-bond acceptors (Lipinski definition) is 5. The van der Waals surface area contributed by atoms with Gasteiger partial charge in [-0.15, -0.1) is 11.3 Å². The summed E-state index contributed by atoms with van der Waals surface area (Å²) in [6, 6.07) is 18.7. The molecule has 1 atom stereocenters. The summed E-state index contributed by atoms with van der Waals surface area (Å²) in [5, 5.41) is 3.02. The molecule has 1 N–H and O–H groups in total. The van der Waals surface area contributed by atoms with Crippen molar-refractivity contribution in [1.82, 2.24) is 9.62 Å². The predicted molar refractivity (Wildman–Crippen MR) is 126 cm³/mol. The van der Waals surface area contributed by atoms with E-state index in [0.29, 0.717) is 36.1 Å². The number of benzene rings is 2. The van der Waals surface area contributed by atoms with Crippen LogP contribution in [0.2, 0.25) is 0 Å². The Morgan fingerprint density at radius 2 is 1.66 bits per heavy atom. The summed E-state index contributed by atoms with van der Waals surface area (Å²) in [6.07, 6.45) is 0. The molecule has 8 heteroatoms. The van der Waals surface area contributed by atoms with E-state index in [9.17, 15) is 13.2 Å². The maximum Gasteiger partial charge on any atom is 0.252 e. The minimum atomic E-state index is -3.51. The lowest BCUT2D eigenvalue weighted by Gasteiger charge is -2.25. The van der Waals surface area contributed by atoms with Crippen LogP contribution in [0.15, 0.2) is 64.9 Å². The Morgan fingerprint density at radius 1 is 1.00 bits per heavy atom. The predicted octanol–water partition coefficient (Wildman–Crippen LogP) is 4.24. The van der Waals surface area contributed by atoms with Gasteiger partial charge in [-0.2, -0.15) is 4.31 Å². The van der Waals surface area contributed by atoms with Crippen LogP contribution in [0.3, 0.4) is 0 Å². The van der Waals surface area contributed by atoms with E-state index in [1.165, 1.54) is 21.2 Å². The van der Waals surface area contributed by atoms with Crippen LogP contribution in [-0.4, -0.2) is 44.9 Å². The fourth-order valence-electron chi connectivity index (χ4n) is 3.53. The van der Waals surface area contributed by atoms with Gasteiger partial charge < -0.3 is 10.1 Å². The summed E-state index contributed by atoms with van der Waals surface area (Å²) >= 11 is 1.24. The summed E-state index contributed by atoms with van der Waals surface area (Å²) in [5.74, 6) is -0.147. The van der Waals surface area contributed by atoms with E-state index in [1.54, 1.807) is 18.2 Å². The Hall–Kier alpha value is -2.52. The van der Waals surface area contributed by atoms with Gasteiger partial charge in [-0.1, -0.05) is 42.0 Å². The molecular weight excluding hydrogens is 444 g/mol. The van der Waals surface area contributed by atoms with Gasteiger partial charge in [0.15, 0.2) is 0 Å². The van der Waals surface area contributed by atoms with Crippen molar-refractivity contribution >= 4 is 27.3 Å². The first-order valence-corrected chi connectivity index (χ1v) is 12.8. The van der Waals surface area contributed by atoms with Crippen molar-refractivity contribution < 1.29 is 17.9 Å². The van der Waals surface area contributed by atoms with Crippen LogP contribution in [0.4, 0.5) is 0 Å². The molecule has 0 bridgehead atoms. The number of thiophene rings is 1. The molecule has 3 aromatic rings. The maximum absolute atomic E-state index is 12.8. The maximum atomic E-state index is 12.8. The Kier molecular flexibility index (Phi) is 6.76. The van der Waals surface area contributed by atoms with Gasteiger partial charge in [0.1, 0.15) is 4.21 Å². The standard InChI is InChI=1S/C24H26N2O4S2/c1-17-3-5-19(6-4-17)18(2)25-24(27)21-9-7-20(8-10-21)22-11-12-23(31-22)32(28,29)26-13-15-30-16-14-26/h3-12,18H,13-16H2,1-2H3,(H,25,27)/t18-/m0/s1. The summed E-state index contributed by atoms with van der Waals surface area (Å²) < 4.78 is 32.7. The summed E-state index contributed by atoms with van der Waals surface area (Å²) in [7, 11) is -3.51. The number of rotatable bonds is 6. The van der Waals surface area contributed by atoms with Crippen molar-refractivity contribution in [2.45, 2.75) is 24.1 Å². The topological polar surface area (TPSA) is 75.7 Å². The molecule has 1 saturated heterocycles. The minimum absolute atomic E-state index is 0.104. The third kappa shape index (κ3) is 4.94. The average molecular weight is 471 g/mol. The van der Waals surface area contributed by atoms with Crippen molar-refractivity contribution in [2.24, 2.45) is 0 Å². The molecule has 0 aliphatic carbocycles. The normalized spacial score (nSPS) is 15.9. The number of morpholine rings is 1. The molecule has 1 fully saturated rings. The van der Waals surface area contributed by atoms with Crippen molar-refractivity contribution in [3.8, 4) is 10.4 Å². The molecule has 0 spiro atoms. The second-order valence-electron chi connectivity index (χ2n) is 7.82. The molecule has 1 aliphatic rings. The highest BCUT2D eigenvalue weighted by Gasteiger charge is 2.27. The van der Waals surface area contributed by atoms with Gasteiger partial charge in [-0.25, -0.2) is 8.42 Å². The average Bonchev–Trinajstić information content (AvgIpc) is 3.31. The second kappa shape index (κ2) is 9.54. The van der Waals surface area contributed by atoms with E-state index < -0.39 is 10.0 Å². The molecule has 0 unspecified atom stereocenters. The zero-order chi connectivity index (χ0) is 22.7.